The normalized spacial score (nSPS) is 14.4. The van der Waals surface area contributed by atoms with Gasteiger partial charge in [0.05, 0.1) is 12.3 Å². The third-order valence-electron chi connectivity index (χ3n) is 4.99. The molecule has 0 saturated carbocycles. The number of rotatable bonds is 3. The third kappa shape index (κ3) is 3.97. The second-order valence-electron chi connectivity index (χ2n) is 6.82. The molecule has 0 radical (unpaired) electrons. The van der Waals surface area contributed by atoms with Crippen LogP contribution in [0.25, 0.3) is 11.3 Å². The number of hydrogen-bond acceptors (Lipinski definition) is 4. The Hall–Kier alpha value is -2.83. The third-order valence-corrected chi connectivity index (χ3v) is 4.99. The van der Waals surface area contributed by atoms with Crippen LogP contribution in [-0.4, -0.2) is 64.4 Å². The summed E-state index contributed by atoms with van der Waals surface area (Å²) in [6.07, 6.45) is -0.317. The van der Waals surface area contributed by atoms with E-state index in [1.807, 2.05) is 12.1 Å². The Bertz CT molecular complexity index is 851. The van der Waals surface area contributed by atoms with Crippen LogP contribution in [0.15, 0.2) is 24.3 Å². The lowest BCUT2D eigenvalue weighted by atomic mass is 10.0. The van der Waals surface area contributed by atoms with E-state index in [-0.39, 0.29) is 12.0 Å². The molecule has 2 aromatic rings. The molecule has 1 aliphatic rings. The van der Waals surface area contributed by atoms with Gasteiger partial charge in [-0.3, -0.25) is 9.48 Å². The maximum Gasteiger partial charge on any atom is 0.409 e. The van der Waals surface area contributed by atoms with Crippen molar-refractivity contribution in [3.05, 3.63) is 41.1 Å². The summed E-state index contributed by atoms with van der Waals surface area (Å²) in [5.74, 6) is -0.0661. The Morgan fingerprint density at radius 3 is 2.33 bits per heavy atom. The number of nitrogens with zero attached hydrogens (tertiary/aromatic N) is 4. The van der Waals surface area contributed by atoms with E-state index < -0.39 is 0 Å². The average molecular weight is 370 g/mol. The molecular weight excluding hydrogens is 344 g/mol. The van der Waals surface area contributed by atoms with Gasteiger partial charge in [-0.25, -0.2) is 4.79 Å². The van der Waals surface area contributed by atoms with E-state index in [1.54, 1.807) is 28.5 Å². The number of piperazine rings is 1. The highest BCUT2D eigenvalue weighted by molar-refractivity contribution is 5.94. The Balaban J connectivity index is 1.72. The molecule has 0 unspecified atom stereocenters. The second-order valence-corrected chi connectivity index (χ2v) is 6.82. The molecule has 2 amide bonds. The molecule has 0 bridgehead atoms. The standard InChI is InChI=1S/C20H26N4O3/c1-5-27-20(26)24-10-8-23(9-11-24)19(25)18-13-17(21-22(18)4)16-7-6-14(2)15(3)12-16/h6-7,12-13H,5,8-11H2,1-4H3. The molecule has 0 N–H and O–H groups in total. The quantitative estimate of drug-likeness (QED) is 0.833. The fourth-order valence-electron chi connectivity index (χ4n) is 3.18. The maximum absolute atomic E-state index is 12.9. The van der Waals surface area contributed by atoms with Crippen molar-refractivity contribution in [2.24, 2.45) is 7.05 Å². The van der Waals surface area contributed by atoms with Crippen LogP contribution < -0.4 is 0 Å². The molecule has 3 rings (SSSR count). The van der Waals surface area contributed by atoms with Gasteiger partial charge in [-0.1, -0.05) is 12.1 Å². The van der Waals surface area contributed by atoms with Crippen LogP contribution in [0.1, 0.15) is 28.5 Å². The molecule has 7 nitrogen and oxygen atoms in total. The van der Waals surface area contributed by atoms with E-state index in [1.165, 1.54) is 11.1 Å². The van der Waals surface area contributed by atoms with Crippen LogP contribution in [0.3, 0.4) is 0 Å². The molecule has 1 fully saturated rings. The zero-order valence-electron chi connectivity index (χ0n) is 16.4. The Morgan fingerprint density at radius 1 is 1.04 bits per heavy atom. The summed E-state index contributed by atoms with van der Waals surface area (Å²) < 4.78 is 6.65. The first kappa shape index (κ1) is 18.9. The molecule has 1 aromatic carbocycles. The van der Waals surface area contributed by atoms with Crippen molar-refractivity contribution in [2.75, 3.05) is 32.8 Å². The minimum absolute atomic E-state index is 0.0661. The number of aryl methyl sites for hydroxylation is 3. The van der Waals surface area contributed by atoms with Crippen LogP contribution >= 0.6 is 0 Å². The van der Waals surface area contributed by atoms with Crippen LogP contribution in [0, 0.1) is 13.8 Å². The summed E-state index contributed by atoms with van der Waals surface area (Å²) in [6, 6.07) is 8.01. The highest BCUT2D eigenvalue weighted by Gasteiger charge is 2.27. The molecule has 0 aliphatic carbocycles. The maximum atomic E-state index is 12.9. The highest BCUT2D eigenvalue weighted by Crippen LogP contribution is 2.22. The Kier molecular flexibility index (Phi) is 5.48. The fraction of sp³-hybridized carbons (Fsp3) is 0.450. The van der Waals surface area contributed by atoms with Gasteiger partial charge in [0.15, 0.2) is 0 Å². The minimum atomic E-state index is -0.317. The van der Waals surface area contributed by atoms with E-state index in [0.29, 0.717) is 38.5 Å². The van der Waals surface area contributed by atoms with Crippen molar-refractivity contribution in [1.82, 2.24) is 19.6 Å². The molecule has 0 spiro atoms. The summed E-state index contributed by atoms with van der Waals surface area (Å²) in [5, 5.41) is 4.52. The monoisotopic (exact) mass is 370 g/mol. The summed E-state index contributed by atoms with van der Waals surface area (Å²) >= 11 is 0. The molecule has 0 atom stereocenters. The first-order valence-corrected chi connectivity index (χ1v) is 9.23. The number of hydrogen-bond donors (Lipinski definition) is 0. The number of carbonyl (C=O) groups is 2. The van der Waals surface area contributed by atoms with Crippen LogP contribution in [0.4, 0.5) is 4.79 Å². The Labute approximate surface area is 159 Å². The van der Waals surface area contributed by atoms with Crippen molar-refractivity contribution < 1.29 is 14.3 Å². The predicted molar refractivity (Wildman–Crippen MR) is 103 cm³/mol. The summed E-state index contributed by atoms with van der Waals surface area (Å²) in [6.45, 7) is 8.21. The van der Waals surface area contributed by atoms with Gasteiger partial charge in [-0.05, 0) is 44.0 Å². The van der Waals surface area contributed by atoms with E-state index in [9.17, 15) is 9.59 Å². The summed E-state index contributed by atoms with van der Waals surface area (Å²) in [5.41, 5.74) is 4.76. The van der Waals surface area contributed by atoms with Gasteiger partial charge in [0.25, 0.3) is 5.91 Å². The van der Waals surface area contributed by atoms with Crippen molar-refractivity contribution in [3.8, 4) is 11.3 Å². The average Bonchev–Trinajstić information content (AvgIpc) is 3.05. The SMILES string of the molecule is CCOC(=O)N1CCN(C(=O)c2cc(-c3ccc(C)c(C)c3)nn2C)CC1. The molecule has 144 valence electrons. The first-order chi connectivity index (χ1) is 12.9. The number of ether oxygens (including phenoxy) is 1. The lowest BCUT2D eigenvalue weighted by Crippen LogP contribution is -2.51. The summed E-state index contributed by atoms with van der Waals surface area (Å²) in [4.78, 5) is 28.1. The topological polar surface area (TPSA) is 67.7 Å². The molecule has 1 saturated heterocycles. The van der Waals surface area contributed by atoms with Gasteiger partial charge in [0.2, 0.25) is 0 Å². The number of carbonyl (C=O) groups excluding carboxylic acids is 2. The number of amides is 2. The molecular formula is C20H26N4O3. The van der Waals surface area contributed by atoms with Crippen molar-refractivity contribution in [1.29, 1.82) is 0 Å². The van der Waals surface area contributed by atoms with Gasteiger partial charge in [-0.15, -0.1) is 0 Å². The highest BCUT2D eigenvalue weighted by atomic mass is 16.6. The predicted octanol–water partition coefficient (Wildman–Crippen LogP) is 2.62. The second kappa shape index (κ2) is 7.82. The first-order valence-electron chi connectivity index (χ1n) is 9.23. The van der Waals surface area contributed by atoms with E-state index in [0.717, 1.165) is 11.3 Å². The largest absolute Gasteiger partial charge is 0.450 e. The van der Waals surface area contributed by atoms with Gasteiger partial charge in [-0.2, -0.15) is 5.10 Å². The van der Waals surface area contributed by atoms with Gasteiger partial charge in [0.1, 0.15) is 5.69 Å². The van der Waals surface area contributed by atoms with Crippen LogP contribution in [0.5, 0.6) is 0 Å². The number of aromatic nitrogens is 2. The zero-order valence-corrected chi connectivity index (χ0v) is 16.4. The number of benzene rings is 1. The van der Waals surface area contributed by atoms with Gasteiger partial charge in [0, 0.05) is 38.8 Å². The van der Waals surface area contributed by atoms with Crippen molar-refractivity contribution >= 4 is 12.0 Å². The van der Waals surface area contributed by atoms with Crippen molar-refractivity contribution in [3.63, 3.8) is 0 Å². The molecule has 2 heterocycles. The summed E-state index contributed by atoms with van der Waals surface area (Å²) in [7, 11) is 1.78. The minimum Gasteiger partial charge on any atom is -0.450 e. The fourth-order valence-corrected chi connectivity index (χ4v) is 3.18. The Morgan fingerprint density at radius 2 is 1.70 bits per heavy atom. The lowest BCUT2D eigenvalue weighted by Gasteiger charge is -2.33. The van der Waals surface area contributed by atoms with Crippen LogP contribution in [0.2, 0.25) is 0 Å². The molecule has 1 aromatic heterocycles. The van der Waals surface area contributed by atoms with E-state index >= 15 is 0 Å². The molecule has 7 heteroatoms. The van der Waals surface area contributed by atoms with E-state index in [2.05, 4.69) is 31.1 Å². The lowest BCUT2D eigenvalue weighted by molar-refractivity contribution is 0.0562. The van der Waals surface area contributed by atoms with Crippen LogP contribution in [-0.2, 0) is 11.8 Å². The molecule has 27 heavy (non-hydrogen) atoms. The zero-order chi connectivity index (χ0) is 19.6. The van der Waals surface area contributed by atoms with Crippen molar-refractivity contribution in [2.45, 2.75) is 20.8 Å². The van der Waals surface area contributed by atoms with Gasteiger partial charge < -0.3 is 14.5 Å². The smallest absolute Gasteiger partial charge is 0.409 e. The van der Waals surface area contributed by atoms with Gasteiger partial charge >= 0.3 is 6.09 Å². The van der Waals surface area contributed by atoms with E-state index in [4.69, 9.17) is 4.74 Å². The molecule has 1 aliphatic heterocycles.